The van der Waals surface area contributed by atoms with Crippen molar-refractivity contribution in [2.45, 2.75) is 13.3 Å². The molecule has 88 valence electrons. The van der Waals surface area contributed by atoms with Gasteiger partial charge in [-0.05, 0) is 32.0 Å². The number of nitrogens with zero attached hydrogens (tertiary/aromatic N) is 3. The Morgan fingerprint density at radius 2 is 2.24 bits per heavy atom. The highest BCUT2D eigenvalue weighted by atomic mass is 15.1. The molecular weight excluding hydrogens is 212 g/mol. The van der Waals surface area contributed by atoms with Crippen LogP contribution in [0.3, 0.4) is 0 Å². The quantitative estimate of drug-likeness (QED) is 0.812. The SMILES string of the molecule is CC1=C(c2ncnc3[nH]ccc23)CCN(C)C1. The van der Waals surface area contributed by atoms with Gasteiger partial charge in [0.05, 0.1) is 5.69 Å². The smallest absolute Gasteiger partial charge is 0.141 e. The van der Waals surface area contributed by atoms with E-state index in [4.69, 9.17) is 0 Å². The van der Waals surface area contributed by atoms with Crippen LogP contribution in [0.1, 0.15) is 19.0 Å². The number of hydrogen-bond donors (Lipinski definition) is 1. The van der Waals surface area contributed by atoms with Crippen molar-refractivity contribution in [2.24, 2.45) is 0 Å². The highest BCUT2D eigenvalue weighted by Crippen LogP contribution is 2.29. The first kappa shape index (κ1) is 10.5. The van der Waals surface area contributed by atoms with Crippen molar-refractivity contribution in [2.75, 3.05) is 20.1 Å². The molecule has 0 amide bonds. The van der Waals surface area contributed by atoms with Crippen LogP contribution in [0.5, 0.6) is 0 Å². The molecule has 4 heteroatoms. The van der Waals surface area contributed by atoms with E-state index < -0.39 is 0 Å². The molecular formula is C13H16N4. The molecule has 0 saturated heterocycles. The highest BCUT2D eigenvalue weighted by molar-refractivity contribution is 5.88. The third kappa shape index (κ3) is 1.74. The van der Waals surface area contributed by atoms with Gasteiger partial charge in [0, 0.05) is 24.7 Å². The third-order valence-corrected chi connectivity index (χ3v) is 3.41. The Bertz CT molecular complexity index is 582. The predicted octanol–water partition coefficient (Wildman–Crippen LogP) is 2.07. The molecule has 4 nitrogen and oxygen atoms in total. The zero-order chi connectivity index (χ0) is 11.8. The van der Waals surface area contributed by atoms with Crippen LogP contribution in [0.4, 0.5) is 0 Å². The second-order valence-electron chi connectivity index (χ2n) is 4.71. The van der Waals surface area contributed by atoms with Crippen molar-refractivity contribution in [3.8, 4) is 0 Å². The summed E-state index contributed by atoms with van der Waals surface area (Å²) in [5.41, 5.74) is 4.83. The first-order valence-corrected chi connectivity index (χ1v) is 5.91. The van der Waals surface area contributed by atoms with Gasteiger partial charge in [-0.1, -0.05) is 5.57 Å². The molecule has 0 aromatic carbocycles. The first-order valence-electron chi connectivity index (χ1n) is 5.91. The van der Waals surface area contributed by atoms with Gasteiger partial charge in [-0.25, -0.2) is 9.97 Å². The molecule has 0 unspecified atom stereocenters. The van der Waals surface area contributed by atoms with Crippen molar-refractivity contribution < 1.29 is 0 Å². The zero-order valence-electron chi connectivity index (χ0n) is 10.2. The number of likely N-dealkylation sites (N-methyl/N-ethyl adjacent to an activating group) is 1. The van der Waals surface area contributed by atoms with Crippen LogP contribution >= 0.6 is 0 Å². The normalized spacial score (nSPS) is 18.0. The second kappa shape index (κ2) is 3.96. The van der Waals surface area contributed by atoms with E-state index in [9.17, 15) is 0 Å². The van der Waals surface area contributed by atoms with Crippen LogP contribution in [-0.4, -0.2) is 40.0 Å². The molecule has 0 aliphatic carbocycles. The maximum atomic E-state index is 4.47. The van der Waals surface area contributed by atoms with E-state index in [2.05, 4.69) is 39.9 Å². The molecule has 0 saturated carbocycles. The van der Waals surface area contributed by atoms with E-state index in [0.717, 1.165) is 36.2 Å². The average molecular weight is 228 g/mol. The van der Waals surface area contributed by atoms with Gasteiger partial charge in [0.2, 0.25) is 0 Å². The van der Waals surface area contributed by atoms with E-state index in [1.807, 2.05) is 6.20 Å². The molecule has 0 radical (unpaired) electrons. The Morgan fingerprint density at radius 1 is 1.35 bits per heavy atom. The second-order valence-corrected chi connectivity index (χ2v) is 4.71. The Kier molecular flexibility index (Phi) is 2.44. The number of H-pyrrole nitrogens is 1. The fourth-order valence-corrected chi connectivity index (χ4v) is 2.53. The van der Waals surface area contributed by atoms with Crippen molar-refractivity contribution in [3.05, 3.63) is 29.9 Å². The molecule has 17 heavy (non-hydrogen) atoms. The maximum Gasteiger partial charge on any atom is 0.141 e. The standard InChI is InChI=1S/C13H16N4/c1-9-7-17(2)6-4-10(9)12-11-3-5-14-13(11)16-8-15-12/h3,5,8H,4,6-7H2,1-2H3,(H,14,15,16). The Balaban J connectivity index is 2.15. The van der Waals surface area contributed by atoms with E-state index in [-0.39, 0.29) is 0 Å². The molecule has 0 atom stereocenters. The van der Waals surface area contributed by atoms with Crippen molar-refractivity contribution in [1.82, 2.24) is 19.9 Å². The van der Waals surface area contributed by atoms with Gasteiger partial charge in [0.15, 0.2) is 0 Å². The summed E-state index contributed by atoms with van der Waals surface area (Å²) in [6, 6.07) is 2.06. The van der Waals surface area contributed by atoms with Gasteiger partial charge in [0.1, 0.15) is 12.0 Å². The van der Waals surface area contributed by atoms with Crippen LogP contribution < -0.4 is 0 Å². The van der Waals surface area contributed by atoms with Gasteiger partial charge in [0.25, 0.3) is 0 Å². The molecule has 0 bridgehead atoms. The number of fused-ring (bicyclic) bond motifs is 1. The van der Waals surface area contributed by atoms with E-state index in [1.165, 1.54) is 11.1 Å². The van der Waals surface area contributed by atoms with Crippen molar-refractivity contribution >= 4 is 16.6 Å². The minimum Gasteiger partial charge on any atom is -0.346 e. The third-order valence-electron chi connectivity index (χ3n) is 3.41. The van der Waals surface area contributed by atoms with E-state index in [0.29, 0.717) is 0 Å². The first-order chi connectivity index (χ1) is 8.25. The minimum absolute atomic E-state index is 0.925. The lowest BCUT2D eigenvalue weighted by Gasteiger charge is -2.26. The summed E-state index contributed by atoms with van der Waals surface area (Å²) >= 11 is 0. The number of aromatic nitrogens is 3. The molecule has 0 fully saturated rings. The van der Waals surface area contributed by atoms with E-state index in [1.54, 1.807) is 6.33 Å². The maximum absolute atomic E-state index is 4.47. The van der Waals surface area contributed by atoms with Gasteiger partial charge in [-0.15, -0.1) is 0 Å². The molecule has 1 aliphatic rings. The van der Waals surface area contributed by atoms with Crippen LogP contribution in [0.2, 0.25) is 0 Å². The van der Waals surface area contributed by atoms with Gasteiger partial charge in [-0.3, -0.25) is 0 Å². The Morgan fingerprint density at radius 3 is 3.06 bits per heavy atom. The average Bonchev–Trinajstić information content (AvgIpc) is 2.77. The summed E-state index contributed by atoms with van der Waals surface area (Å²) in [6.07, 6.45) is 4.64. The molecule has 1 aliphatic heterocycles. The van der Waals surface area contributed by atoms with Crippen molar-refractivity contribution in [3.63, 3.8) is 0 Å². The largest absolute Gasteiger partial charge is 0.346 e. The fraction of sp³-hybridized carbons (Fsp3) is 0.385. The van der Waals surface area contributed by atoms with Crippen molar-refractivity contribution in [1.29, 1.82) is 0 Å². The van der Waals surface area contributed by atoms with Gasteiger partial charge >= 0.3 is 0 Å². The van der Waals surface area contributed by atoms with Crippen LogP contribution in [0.15, 0.2) is 24.2 Å². The topological polar surface area (TPSA) is 44.8 Å². The van der Waals surface area contributed by atoms with Gasteiger partial charge in [-0.2, -0.15) is 0 Å². The Labute approximate surface area is 100 Å². The summed E-state index contributed by atoms with van der Waals surface area (Å²) in [5, 5.41) is 1.13. The number of aromatic amines is 1. The molecule has 3 heterocycles. The lowest BCUT2D eigenvalue weighted by molar-refractivity contribution is 0.359. The van der Waals surface area contributed by atoms with Crippen LogP contribution in [0, 0.1) is 0 Å². The monoisotopic (exact) mass is 228 g/mol. The number of nitrogens with one attached hydrogen (secondary N) is 1. The summed E-state index contributed by atoms with van der Waals surface area (Å²) in [6.45, 7) is 4.33. The van der Waals surface area contributed by atoms with E-state index >= 15 is 0 Å². The highest BCUT2D eigenvalue weighted by Gasteiger charge is 2.17. The summed E-state index contributed by atoms with van der Waals surface area (Å²) in [7, 11) is 2.16. The molecule has 0 spiro atoms. The lowest BCUT2D eigenvalue weighted by Crippen LogP contribution is -2.26. The lowest BCUT2D eigenvalue weighted by atomic mass is 9.97. The number of rotatable bonds is 1. The summed E-state index contributed by atoms with van der Waals surface area (Å²) in [5.74, 6) is 0. The predicted molar refractivity (Wildman–Crippen MR) is 68.6 cm³/mol. The summed E-state index contributed by atoms with van der Waals surface area (Å²) in [4.78, 5) is 14.2. The molecule has 3 rings (SSSR count). The summed E-state index contributed by atoms with van der Waals surface area (Å²) < 4.78 is 0. The van der Waals surface area contributed by atoms with Crippen LogP contribution in [0.25, 0.3) is 16.6 Å². The fourth-order valence-electron chi connectivity index (χ4n) is 2.53. The molecule has 1 N–H and O–H groups in total. The number of hydrogen-bond acceptors (Lipinski definition) is 3. The van der Waals surface area contributed by atoms with Crippen LogP contribution in [-0.2, 0) is 0 Å². The zero-order valence-corrected chi connectivity index (χ0v) is 10.2. The molecule has 2 aromatic heterocycles. The van der Waals surface area contributed by atoms with Gasteiger partial charge < -0.3 is 9.88 Å². The Hall–Kier alpha value is -1.68. The minimum atomic E-state index is 0.925. The molecule has 2 aromatic rings.